The summed E-state index contributed by atoms with van der Waals surface area (Å²) in [5.74, 6) is 2.49. The quantitative estimate of drug-likeness (QED) is 0.535. The average molecular weight is 460 g/mol. The number of carbonyl (C=O) groups excluding carboxylic acids is 1. The lowest BCUT2D eigenvalue weighted by Gasteiger charge is -2.31. The number of ether oxygens (including phenoxy) is 2. The highest BCUT2D eigenvalue weighted by atomic mass is 16.5. The molecule has 3 aromatic rings. The predicted molar refractivity (Wildman–Crippen MR) is 135 cm³/mol. The molecule has 0 saturated carbocycles. The number of likely N-dealkylation sites (tertiary alicyclic amines) is 1. The summed E-state index contributed by atoms with van der Waals surface area (Å²) in [5, 5.41) is 0.933. The van der Waals surface area contributed by atoms with Crippen LogP contribution in [-0.4, -0.2) is 49.6 Å². The highest BCUT2D eigenvalue weighted by Gasteiger charge is 2.24. The second-order valence-electron chi connectivity index (χ2n) is 9.25. The largest absolute Gasteiger partial charge is 0.493 e. The highest BCUT2D eigenvalue weighted by molar-refractivity contribution is 6.07. The molecule has 2 aliphatic heterocycles. The Morgan fingerprint density at radius 1 is 0.853 bits per heavy atom. The number of nitrogens with zero attached hydrogens (tertiary/aromatic N) is 3. The van der Waals surface area contributed by atoms with Gasteiger partial charge in [0.25, 0.3) is 5.91 Å². The zero-order chi connectivity index (χ0) is 23.5. The third-order valence-corrected chi connectivity index (χ3v) is 7.12. The van der Waals surface area contributed by atoms with Crippen LogP contribution in [0.1, 0.15) is 53.6 Å². The Bertz CT molecular complexity index is 1180. The SMILES string of the molecule is COc1cc2c(cc1OC)CN(c1cc(C(=O)N3CCCCCCC3)c3ccccc3n1)CC2. The van der Waals surface area contributed by atoms with Crippen LogP contribution in [0.25, 0.3) is 10.9 Å². The molecule has 3 heterocycles. The van der Waals surface area contributed by atoms with Gasteiger partial charge in [0.1, 0.15) is 5.82 Å². The smallest absolute Gasteiger partial charge is 0.254 e. The molecule has 2 aromatic carbocycles. The second-order valence-corrected chi connectivity index (χ2v) is 9.25. The lowest BCUT2D eigenvalue weighted by molar-refractivity contribution is 0.0744. The first-order valence-corrected chi connectivity index (χ1v) is 12.4. The maximum absolute atomic E-state index is 13.7. The molecule has 0 spiro atoms. The van der Waals surface area contributed by atoms with Crippen molar-refractivity contribution in [3.05, 3.63) is 59.2 Å². The van der Waals surface area contributed by atoms with Gasteiger partial charge in [-0.3, -0.25) is 4.79 Å². The Morgan fingerprint density at radius 2 is 1.53 bits per heavy atom. The van der Waals surface area contributed by atoms with Crippen LogP contribution in [0.5, 0.6) is 11.5 Å². The van der Waals surface area contributed by atoms with E-state index in [1.165, 1.54) is 30.4 Å². The zero-order valence-electron chi connectivity index (χ0n) is 20.2. The molecule has 1 saturated heterocycles. The van der Waals surface area contributed by atoms with Gasteiger partial charge in [-0.15, -0.1) is 0 Å². The van der Waals surface area contributed by atoms with Gasteiger partial charge in [-0.05, 0) is 54.7 Å². The second kappa shape index (κ2) is 9.92. The Kier molecular flexibility index (Phi) is 6.57. The molecular formula is C28H33N3O3. The number of anilines is 1. The third-order valence-electron chi connectivity index (χ3n) is 7.12. The zero-order valence-corrected chi connectivity index (χ0v) is 20.2. The van der Waals surface area contributed by atoms with Crippen molar-refractivity contribution >= 4 is 22.6 Å². The number of pyridine rings is 1. The van der Waals surface area contributed by atoms with E-state index >= 15 is 0 Å². The van der Waals surface area contributed by atoms with Crippen molar-refractivity contribution in [2.75, 3.05) is 38.8 Å². The van der Waals surface area contributed by atoms with Crippen LogP contribution in [0.15, 0.2) is 42.5 Å². The number of fused-ring (bicyclic) bond motifs is 2. The molecule has 6 nitrogen and oxygen atoms in total. The Hall–Kier alpha value is -3.28. The minimum atomic E-state index is 0.130. The van der Waals surface area contributed by atoms with Crippen LogP contribution in [0.2, 0.25) is 0 Å². The van der Waals surface area contributed by atoms with Crippen LogP contribution in [0.4, 0.5) is 5.82 Å². The fraction of sp³-hybridized carbons (Fsp3) is 0.429. The van der Waals surface area contributed by atoms with Gasteiger partial charge in [-0.2, -0.15) is 0 Å². The summed E-state index contributed by atoms with van der Waals surface area (Å²) >= 11 is 0. The number of hydrogen-bond donors (Lipinski definition) is 0. The van der Waals surface area contributed by atoms with Gasteiger partial charge in [0, 0.05) is 31.6 Å². The van der Waals surface area contributed by atoms with E-state index < -0.39 is 0 Å². The maximum Gasteiger partial charge on any atom is 0.254 e. The first kappa shape index (κ1) is 22.5. The molecule has 0 N–H and O–H groups in total. The summed E-state index contributed by atoms with van der Waals surface area (Å²) in [6, 6.07) is 14.2. The van der Waals surface area contributed by atoms with Crippen LogP contribution in [-0.2, 0) is 13.0 Å². The van der Waals surface area contributed by atoms with Crippen LogP contribution >= 0.6 is 0 Å². The van der Waals surface area contributed by atoms with Gasteiger partial charge in [-0.25, -0.2) is 4.98 Å². The third kappa shape index (κ3) is 4.41. The lowest BCUT2D eigenvalue weighted by Crippen LogP contribution is -2.35. The molecule has 0 aliphatic carbocycles. The number of hydrogen-bond acceptors (Lipinski definition) is 5. The van der Waals surface area contributed by atoms with Crippen molar-refractivity contribution in [3.63, 3.8) is 0 Å². The maximum atomic E-state index is 13.7. The van der Waals surface area contributed by atoms with Crippen molar-refractivity contribution < 1.29 is 14.3 Å². The van der Waals surface area contributed by atoms with Crippen LogP contribution in [0, 0.1) is 0 Å². The molecule has 0 atom stereocenters. The van der Waals surface area contributed by atoms with E-state index in [-0.39, 0.29) is 5.91 Å². The molecule has 34 heavy (non-hydrogen) atoms. The molecule has 6 heteroatoms. The number of aromatic nitrogens is 1. The number of benzene rings is 2. The van der Waals surface area contributed by atoms with Gasteiger partial charge in [0.05, 0.1) is 25.3 Å². The summed E-state index contributed by atoms with van der Waals surface area (Å²) in [6.07, 6.45) is 6.73. The summed E-state index contributed by atoms with van der Waals surface area (Å²) in [5.41, 5.74) is 4.11. The summed E-state index contributed by atoms with van der Waals surface area (Å²) in [7, 11) is 3.33. The topological polar surface area (TPSA) is 54.9 Å². The highest BCUT2D eigenvalue weighted by Crippen LogP contribution is 2.35. The molecule has 178 valence electrons. The van der Waals surface area contributed by atoms with E-state index in [0.717, 1.165) is 79.2 Å². The molecule has 1 amide bonds. The summed E-state index contributed by atoms with van der Waals surface area (Å²) < 4.78 is 11.0. The number of para-hydroxylation sites is 1. The normalized spacial score (nSPS) is 16.5. The van der Waals surface area contributed by atoms with E-state index in [2.05, 4.69) is 17.0 Å². The van der Waals surface area contributed by atoms with Gasteiger partial charge >= 0.3 is 0 Å². The Morgan fingerprint density at radius 3 is 2.26 bits per heavy atom. The molecule has 1 aromatic heterocycles. The lowest BCUT2D eigenvalue weighted by atomic mass is 9.98. The molecule has 0 radical (unpaired) electrons. The minimum absolute atomic E-state index is 0.130. The Balaban J connectivity index is 1.49. The van der Waals surface area contributed by atoms with E-state index in [9.17, 15) is 4.79 Å². The van der Waals surface area contributed by atoms with E-state index in [1.807, 2.05) is 35.2 Å². The van der Waals surface area contributed by atoms with Gasteiger partial charge < -0.3 is 19.3 Å². The minimum Gasteiger partial charge on any atom is -0.493 e. The van der Waals surface area contributed by atoms with Crippen LogP contribution in [0.3, 0.4) is 0 Å². The van der Waals surface area contributed by atoms with E-state index in [1.54, 1.807) is 14.2 Å². The van der Waals surface area contributed by atoms with Gasteiger partial charge in [0.15, 0.2) is 11.5 Å². The number of amides is 1. The first-order chi connectivity index (χ1) is 16.7. The molecule has 5 rings (SSSR count). The molecule has 2 aliphatic rings. The van der Waals surface area contributed by atoms with Gasteiger partial charge in [0.2, 0.25) is 0 Å². The first-order valence-electron chi connectivity index (χ1n) is 12.4. The monoisotopic (exact) mass is 459 g/mol. The number of methoxy groups -OCH3 is 2. The van der Waals surface area contributed by atoms with Gasteiger partial charge in [-0.1, -0.05) is 37.5 Å². The fourth-order valence-electron chi connectivity index (χ4n) is 5.20. The molecular weight excluding hydrogens is 426 g/mol. The van der Waals surface area contributed by atoms with E-state index in [0.29, 0.717) is 0 Å². The molecule has 0 unspecified atom stereocenters. The van der Waals surface area contributed by atoms with Crippen molar-refractivity contribution in [3.8, 4) is 11.5 Å². The van der Waals surface area contributed by atoms with Crippen molar-refractivity contribution in [2.45, 2.75) is 45.1 Å². The summed E-state index contributed by atoms with van der Waals surface area (Å²) in [4.78, 5) is 23.0. The molecule has 0 bridgehead atoms. The van der Waals surface area contributed by atoms with Crippen LogP contribution < -0.4 is 14.4 Å². The molecule has 1 fully saturated rings. The number of rotatable bonds is 4. The average Bonchev–Trinajstić information content (AvgIpc) is 2.86. The van der Waals surface area contributed by atoms with E-state index in [4.69, 9.17) is 14.5 Å². The fourth-order valence-corrected chi connectivity index (χ4v) is 5.20. The van der Waals surface area contributed by atoms with Crippen molar-refractivity contribution in [1.29, 1.82) is 0 Å². The van der Waals surface area contributed by atoms with Crippen molar-refractivity contribution in [2.24, 2.45) is 0 Å². The Labute approximate surface area is 201 Å². The summed E-state index contributed by atoms with van der Waals surface area (Å²) in [6.45, 7) is 3.23. The standard InChI is InChI=1S/C28H33N3O3/c1-33-25-16-20-12-15-31(19-21(20)17-26(25)34-2)27-18-23(22-10-6-7-11-24(22)29-27)28(32)30-13-8-4-3-5-9-14-30/h6-7,10-11,16-18H,3-5,8-9,12-15,19H2,1-2H3. The predicted octanol–water partition coefficient (Wildman–Crippen LogP) is 5.22. The van der Waals surface area contributed by atoms with Crippen molar-refractivity contribution in [1.82, 2.24) is 9.88 Å². The number of carbonyl (C=O) groups is 1.